The Morgan fingerprint density at radius 1 is 1.09 bits per heavy atom. The topological polar surface area (TPSA) is 52.7 Å². The molecule has 0 bridgehead atoms. The molecule has 2 aliphatic heterocycles. The minimum absolute atomic E-state index is 0.325. The molecule has 1 aromatic rings. The van der Waals surface area contributed by atoms with E-state index in [-0.39, 0.29) is 4.90 Å². The van der Waals surface area contributed by atoms with E-state index in [2.05, 4.69) is 15.1 Å². The van der Waals surface area contributed by atoms with Gasteiger partial charge in [0.1, 0.15) is 0 Å². The van der Waals surface area contributed by atoms with Crippen LogP contribution in [-0.4, -0.2) is 64.4 Å². The fraction of sp³-hybridized carbons (Fsp3) is 0.600. The first-order valence-corrected chi connectivity index (χ1v) is 9.35. The summed E-state index contributed by atoms with van der Waals surface area (Å²) in [7, 11) is -4.51. The van der Waals surface area contributed by atoms with E-state index in [1.807, 2.05) is 0 Å². The average molecular weight is 345 g/mol. The van der Waals surface area contributed by atoms with Gasteiger partial charge in [0.2, 0.25) is 9.84 Å². The van der Waals surface area contributed by atoms with Gasteiger partial charge in [0.15, 0.2) is 0 Å². The van der Waals surface area contributed by atoms with Crippen LogP contribution < -0.4 is 10.2 Å². The first-order chi connectivity index (χ1) is 11.0. The van der Waals surface area contributed by atoms with E-state index >= 15 is 0 Å². The number of benzene rings is 1. The van der Waals surface area contributed by atoms with Crippen LogP contribution in [0.2, 0.25) is 0 Å². The number of nitrogens with one attached hydrogen (secondary N) is 1. The van der Waals surface area contributed by atoms with E-state index in [0.29, 0.717) is 6.04 Å². The van der Waals surface area contributed by atoms with Crippen LogP contribution in [0.5, 0.6) is 0 Å². The number of halogens is 2. The largest absolute Gasteiger partial charge is 0.370 e. The highest BCUT2D eigenvalue weighted by molar-refractivity contribution is 7.91. The van der Waals surface area contributed by atoms with Gasteiger partial charge in [0.25, 0.3) is 0 Å². The Kier molecular flexibility index (Phi) is 4.84. The maximum absolute atomic E-state index is 12.5. The number of hydrogen-bond donors (Lipinski definition) is 1. The third-order valence-electron chi connectivity index (χ3n) is 4.60. The lowest BCUT2D eigenvalue weighted by molar-refractivity contribution is 0.185. The van der Waals surface area contributed by atoms with Crippen LogP contribution in [0, 0.1) is 0 Å². The molecule has 1 N–H and O–H groups in total. The quantitative estimate of drug-likeness (QED) is 0.888. The first-order valence-electron chi connectivity index (χ1n) is 7.80. The number of anilines is 1. The molecule has 2 saturated heterocycles. The van der Waals surface area contributed by atoms with Crippen molar-refractivity contribution >= 4 is 15.5 Å². The van der Waals surface area contributed by atoms with E-state index in [1.54, 1.807) is 12.1 Å². The summed E-state index contributed by atoms with van der Waals surface area (Å²) in [5, 5.41) is 3.34. The average Bonchev–Trinajstić information content (AvgIpc) is 3.05. The van der Waals surface area contributed by atoms with Crippen molar-refractivity contribution in [2.75, 3.05) is 44.2 Å². The molecule has 0 radical (unpaired) electrons. The fourth-order valence-electron chi connectivity index (χ4n) is 3.27. The summed E-state index contributed by atoms with van der Waals surface area (Å²) >= 11 is 0. The van der Waals surface area contributed by atoms with Crippen molar-refractivity contribution in [3.05, 3.63) is 24.3 Å². The molecule has 5 nitrogen and oxygen atoms in total. The summed E-state index contributed by atoms with van der Waals surface area (Å²) in [5.74, 6) is -3.38. The molecule has 2 heterocycles. The first kappa shape index (κ1) is 16.6. The van der Waals surface area contributed by atoms with E-state index in [4.69, 9.17) is 0 Å². The predicted molar refractivity (Wildman–Crippen MR) is 84.7 cm³/mol. The minimum atomic E-state index is -4.51. The summed E-state index contributed by atoms with van der Waals surface area (Å²) in [6.07, 6.45) is 1.07. The van der Waals surface area contributed by atoms with Gasteiger partial charge in [-0.25, -0.2) is 8.42 Å². The van der Waals surface area contributed by atoms with Crippen LogP contribution in [0.4, 0.5) is 14.5 Å². The summed E-state index contributed by atoms with van der Waals surface area (Å²) in [6, 6.07) is 6.29. The van der Waals surface area contributed by atoms with Crippen molar-refractivity contribution in [3.8, 4) is 0 Å². The lowest BCUT2D eigenvalue weighted by Gasteiger charge is -2.32. The standard InChI is InChI=1S/C15H21F2N3O2S/c16-15(17)23(21,22)14-3-1-12(2-4-14)20-8-5-13(11-20)19-9-6-18-7-10-19/h1-4,13,15,18H,5-11H2. The molecule has 8 heteroatoms. The molecular formula is C15H21F2N3O2S. The molecule has 1 atom stereocenters. The molecule has 128 valence electrons. The van der Waals surface area contributed by atoms with Gasteiger partial charge in [0.05, 0.1) is 4.90 Å². The molecule has 3 rings (SSSR count). The van der Waals surface area contributed by atoms with Gasteiger partial charge in [-0.05, 0) is 30.7 Å². The number of piperazine rings is 1. The zero-order valence-electron chi connectivity index (χ0n) is 12.8. The Balaban J connectivity index is 1.66. The van der Waals surface area contributed by atoms with Crippen LogP contribution in [0.15, 0.2) is 29.2 Å². The van der Waals surface area contributed by atoms with Crippen LogP contribution in [0.1, 0.15) is 6.42 Å². The smallest absolute Gasteiger partial charge is 0.341 e. The lowest BCUT2D eigenvalue weighted by atomic mass is 10.2. The number of sulfone groups is 1. The Morgan fingerprint density at radius 3 is 2.35 bits per heavy atom. The number of hydrogen-bond acceptors (Lipinski definition) is 5. The second kappa shape index (κ2) is 6.70. The molecule has 0 aromatic heterocycles. The molecule has 0 spiro atoms. The van der Waals surface area contributed by atoms with Crippen LogP contribution in [0.25, 0.3) is 0 Å². The second-order valence-corrected chi connectivity index (χ2v) is 7.89. The monoisotopic (exact) mass is 345 g/mol. The molecule has 1 aromatic carbocycles. The van der Waals surface area contributed by atoms with E-state index in [9.17, 15) is 17.2 Å². The maximum atomic E-state index is 12.5. The van der Waals surface area contributed by atoms with E-state index in [1.165, 1.54) is 12.1 Å². The Bertz CT molecular complexity index is 631. The zero-order valence-corrected chi connectivity index (χ0v) is 13.6. The van der Waals surface area contributed by atoms with E-state index < -0.39 is 15.6 Å². The van der Waals surface area contributed by atoms with Gasteiger partial charge >= 0.3 is 5.76 Å². The molecule has 2 aliphatic rings. The Labute approximate surface area is 135 Å². The second-order valence-electron chi connectivity index (χ2n) is 5.97. The highest BCUT2D eigenvalue weighted by Crippen LogP contribution is 2.26. The van der Waals surface area contributed by atoms with E-state index in [0.717, 1.165) is 51.4 Å². The normalized spacial score (nSPS) is 23.6. The molecule has 23 heavy (non-hydrogen) atoms. The summed E-state index contributed by atoms with van der Waals surface area (Å²) in [5.41, 5.74) is 0.885. The van der Waals surface area contributed by atoms with Crippen LogP contribution in [-0.2, 0) is 9.84 Å². The number of rotatable bonds is 4. The highest BCUT2D eigenvalue weighted by atomic mass is 32.2. The summed E-state index contributed by atoms with van der Waals surface area (Å²) in [6.45, 7) is 5.90. The molecule has 0 aliphatic carbocycles. The minimum Gasteiger partial charge on any atom is -0.370 e. The van der Waals surface area contributed by atoms with Gasteiger partial charge in [-0.1, -0.05) is 0 Å². The summed E-state index contributed by atoms with van der Waals surface area (Å²) < 4.78 is 48.0. The fourth-order valence-corrected chi connectivity index (χ4v) is 3.99. The van der Waals surface area contributed by atoms with Gasteiger partial charge in [0, 0.05) is 51.0 Å². The molecule has 1 unspecified atom stereocenters. The van der Waals surface area contributed by atoms with Crippen molar-refractivity contribution in [1.82, 2.24) is 10.2 Å². The SMILES string of the molecule is O=S(=O)(c1ccc(N2CCC(N3CCNCC3)C2)cc1)C(F)F. The summed E-state index contributed by atoms with van der Waals surface area (Å²) in [4.78, 5) is 4.34. The third-order valence-corrected chi connectivity index (χ3v) is 5.99. The molecule has 2 fully saturated rings. The molecule has 0 amide bonds. The van der Waals surface area contributed by atoms with Crippen molar-refractivity contribution in [2.24, 2.45) is 0 Å². The van der Waals surface area contributed by atoms with Crippen molar-refractivity contribution < 1.29 is 17.2 Å². The van der Waals surface area contributed by atoms with Gasteiger partial charge in [-0.3, -0.25) is 4.90 Å². The van der Waals surface area contributed by atoms with Crippen molar-refractivity contribution in [1.29, 1.82) is 0 Å². The predicted octanol–water partition coefficient (Wildman–Crippen LogP) is 1.17. The molecular weight excluding hydrogens is 324 g/mol. The zero-order chi connectivity index (χ0) is 16.4. The van der Waals surface area contributed by atoms with Gasteiger partial charge in [-0.2, -0.15) is 8.78 Å². The number of nitrogens with zero attached hydrogens (tertiary/aromatic N) is 2. The van der Waals surface area contributed by atoms with Gasteiger partial charge < -0.3 is 10.2 Å². The van der Waals surface area contributed by atoms with Crippen molar-refractivity contribution in [3.63, 3.8) is 0 Å². The Morgan fingerprint density at radius 2 is 1.74 bits per heavy atom. The third kappa shape index (κ3) is 3.49. The van der Waals surface area contributed by atoms with Gasteiger partial charge in [-0.15, -0.1) is 0 Å². The maximum Gasteiger partial charge on any atom is 0.341 e. The molecule has 0 saturated carbocycles. The Hall–Kier alpha value is -1.25. The number of alkyl halides is 2. The lowest BCUT2D eigenvalue weighted by Crippen LogP contribution is -2.49. The van der Waals surface area contributed by atoms with Crippen LogP contribution >= 0.6 is 0 Å². The van der Waals surface area contributed by atoms with Crippen molar-refractivity contribution in [2.45, 2.75) is 23.1 Å². The van der Waals surface area contributed by atoms with Crippen LogP contribution in [0.3, 0.4) is 0 Å². The highest BCUT2D eigenvalue weighted by Gasteiger charge is 2.30.